The van der Waals surface area contributed by atoms with Gasteiger partial charge in [-0.2, -0.15) is 0 Å². The quantitative estimate of drug-likeness (QED) is 0.744. The average molecular weight is 374 g/mol. The lowest BCUT2D eigenvalue weighted by Gasteiger charge is -2.10. The Labute approximate surface area is 144 Å². The summed E-state index contributed by atoms with van der Waals surface area (Å²) in [6, 6.07) is 8.24. The van der Waals surface area contributed by atoms with Gasteiger partial charge >= 0.3 is 0 Å². The van der Waals surface area contributed by atoms with Crippen molar-refractivity contribution in [1.29, 1.82) is 0 Å². The number of nitrogens with zero attached hydrogens (tertiary/aromatic N) is 4. The van der Waals surface area contributed by atoms with Gasteiger partial charge in [0.15, 0.2) is 0 Å². The zero-order chi connectivity index (χ0) is 16.4. The van der Waals surface area contributed by atoms with Crippen LogP contribution in [0.25, 0.3) is 22.2 Å². The van der Waals surface area contributed by atoms with Gasteiger partial charge in [0.2, 0.25) is 5.95 Å². The lowest BCUT2D eigenvalue weighted by Crippen LogP contribution is -2.14. The fourth-order valence-corrected chi connectivity index (χ4v) is 3.10. The van der Waals surface area contributed by atoms with E-state index >= 15 is 0 Å². The van der Waals surface area contributed by atoms with Gasteiger partial charge in [0.05, 0.1) is 5.69 Å². The standard InChI is InChI=1S/C17H20BrN5/c1-22(2)8-3-9-23-11-14(15-6-7-20-17(19)21-15)13-10-12(18)4-5-16(13)23/h4-7,10-11H,3,8-9H2,1-2H3,(H2,19,20,21). The first-order chi connectivity index (χ1) is 11.0. The van der Waals surface area contributed by atoms with Gasteiger partial charge in [-0.25, -0.2) is 9.97 Å². The molecule has 0 atom stereocenters. The van der Waals surface area contributed by atoms with E-state index in [1.54, 1.807) is 6.20 Å². The Morgan fingerprint density at radius 3 is 2.83 bits per heavy atom. The highest BCUT2D eigenvalue weighted by Crippen LogP contribution is 2.32. The van der Waals surface area contributed by atoms with E-state index < -0.39 is 0 Å². The average Bonchev–Trinajstić information content (AvgIpc) is 2.85. The van der Waals surface area contributed by atoms with E-state index in [0.29, 0.717) is 5.95 Å². The van der Waals surface area contributed by atoms with E-state index in [2.05, 4.69) is 73.9 Å². The molecule has 2 aromatic heterocycles. The van der Waals surface area contributed by atoms with Crippen LogP contribution >= 0.6 is 15.9 Å². The van der Waals surface area contributed by atoms with Crippen molar-refractivity contribution in [1.82, 2.24) is 19.4 Å². The predicted octanol–water partition coefficient (Wildman–Crippen LogP) is 3.39. The summed E-state index contributed by atoms with van der Waals surface area (Å²) in [6.45, 7) is 2.03. The Balaban J connectivity index is 2.05. The second-order valence-electron chi connectivity index (χ2n) is 5.85. The molecule has 6 heteroatoms. The minimum absolute atomic E-state index is 0.297. The Hall–Kier alpha value is -1.92. The molecule has 3 aromatic rings. The Morgan fingerprint density at radius 1 is 1.26 bits per heavy atom. The van der Waals surface area contributed by atoms with Crippen molar-refractivity contribution in [3.8, 4) is 11.3 Å². The van der Waals surface area contributed by atoms with Crippen LogP contribution in [0.2, 0.25) is 0 Å². The number of hydrogen-bond donors (Lipinski definition) is 1. The van der Waals surface area contributed by atoms with Gasteiger partial charge < -0.3 is 15.2 Å². The van der Waals surface area contributed by atoms with E-state index in [0.717, 1.165) is 35.2 Å². The maximum Gasteiger partial charge on any atom is 0.220 e. The maximum absolute atomic E-state index is 5.75. The Morgan fingerprint density at radius 2 is 2.09 bits per heavy atom. The number of rotatable bonds is 5. The van der Waals surface area contributed by atoms with Crippen molar-refractivity contribution >= 4 is 32.8 Å². The summed E-state index contributed by atoms with van der Waals surface area (Å²) in [5.41, 5.74) is 8.89. The van der Waals surface area contributed by atoms with Crippen LogP contribution in [-0.2, 0) is 6.54 Å². The molecular weight excluding hydrogens is 354 g/mol. The summed E-state index contributed by atoms with van der Waals surface area (Å²) >= 11 is 3.56. The highest BCUT2D eigenvalue weighted by molar-refractivity contribution is 9.10. The molecule has 2 heterocycles. The van der Waals surface area contributed by atoms with E-state index in [9.17, 15) is 0 Å². The molecule has 0 amide bonds. The van der Waals surface area contributed by atoms with Gasteiger partial charge in [0.25, 0.3) is 0 Å². The third-order valence-corrected chi connectivity index (χ3v) is 4.29. The van der Waals surface area contributed by atoms with Gasteiger partial charge in [-0.05, 0) is 51.3 Å². The minimum atomic E-state index is 0.297. The van der Waals surface area contributed by atoms with Crippen LogP contribution < -0.4 is 5.73 Å². The lowest BCUT2D eigenvalue weighted by molar-refractivity contribution is 0.388. The number of hydrogen-bond acceptors (Lipinski definition) is 4. The van der Waals surface area contributed by atoms with Crippen molar-refractivity contribution in [3.05, 3.63) is 41.1 Å². The number of nitrogen functional groups attached to an aromatic ring is 1. The number of halogens is 1. The summed E-state index contributed by atoms with van der Waals surface area (Å²) in [7, 11) is 4.19. The molecule has 0 fully saturated rings. The van der Waals surface area contributed by atoms with Crippen molar-refractivity contribution in [2.75, 3.05) is 26.4 Å². The van der Waals surface area contributed by atoms with Gasteiger partial charge in [-0.3, -0.25) is 0 Å². The number of nitrogens with two attached hydrogens (primary N) is 1. The Kier molecular flexibility index (Phi) is 4.63. The third-order valence-electron chi connectivity index (χ3n) is 3.80. The van der Waals surface area contributed by atoms with Crippen LogP contribution in [0.1, 0.15) is 6.42 Å². The van der Waals surface area contributed by atoms with Crippen LogP contribution in [0.3, 0.4) is 0 Å². The van der Waals surface area contributed by atoms with Gasteiger partial charge in [0.1, 0.15) is 0 Å². The first-order valence-corrected chi connectivity index (χ1v) is 8.36. The third kappa shape index (κ3) is 3.54. The van der Waals surface area contributed by atoms with Crippen molar-refractivity contribution < 1.29 is 0 Å². The largest absolute Gasteiger partial charge is 0.368 e. The summed E-state index contributed by atoms with van der Waals surface area (Å²) in [4.78, 5) is 10.6. The predicted molar refractivity (Wildman–Crippen MR) is 98.2 cm³/mol. The zero-order valence-electron chi connectivity index (χ0n) is 13.3. The normalized spacial score (nSPS) is 11.5. The lowest BCUT2D eigenvalue weighted by atomic mass is 10.1. The number of fused-ring (bicyclic) bond motifs is 1. The van der Waals surface area contributed by atoms with Crippen LogP contribution in [0.4, 0.5) is 5.95 Å². The highest BCUT2D eigenvalue weighted by atomic mass is 79.9. The molecule has 0 radical (unpaired) electrons. The van der Waals surface area contributed by atoms with Crippen molar-refractivity contribution in [3.63, 3.8) is 0 Å². The molecule has 0 bridgehead atoms. The molecule has 3 rings (SSSR count). The van der Waals surface area contributed by atoms with E-state index in [1.165, 1.54) is 10.9 Å². The molecular formula is C17H20BrN5. The van der Waals surface area contributed by atoms with Crippen LogP contribution in [0, 0.1) is 0 Å². The molecule has 0 aliphatic rings. The first-order valence-electron chi connectivity index (χ1n) is 7.56. The SMILES string of the molecule is CN(C)CCCn1cc(-c2ccnc(N)n2)c2cc(Br)ccc21. The number of aromatic nitrogens is 3. The van der Waals surface area contributed by atoms with Crippen molar-refractivity contribution in [2.24, 2.45) is 0 Å². The Bertz CT molecular complexity index is 825. The summed E-state index contributed by atoms with van der Waals surface area (Å²) in [6.07, 6.45) is 4.96. The van der Waals surface area contributed by atoms with Gasteiger partial charge in [-0.1, -0.05) is 15.9 Å². The van der Waals surface area contributed by atoms with Crippen LogP contribution in [0.15, 0.2) is 41.1 Å². The second-order valence-corrected chi connectivity index (χ2v) is 6.77. The smallest absolute Gasteiger partial charge is 0.220 e. The molecule has 0 saturated carbocycles. The van der Waals surface area contributed by atoms with Crippen LogP contribution in [-0.4, -0.2) is 40.1 Å². The monoisotopic (exact) mass is 373 g/mol. The molecule has 1 aromatic carbocycles. The first kappa shape index (κ1) is 16.0. The summed E-state index contributed by atoms with van der Waals surface area (Å²) in [5, 5.41) is 1.17. The fourth-order valence-electron chi connectivity index (χ4n) is 2.74. The molecule has 0 saturated heterocycles. The summed E-state index contributed by atoms with van der Waals surface area (Å²) < 4.78 is 3.35. The second kappa shape index (κ2) is 6.68. The molecule has 0 unspecified atom stereocenters. The molecule has 0 aliphatic carbocycles. The zero-order valence-corrected chi connectivity index (χ0v) is 14.9. The molecule has 0 aliphatic heterocycles. The highest BCUT2D eigenvalue weighted by Gasteiger charge is 2.12. The molecule has 120 valence electrons. The fraction of sp³-hybridized carbons (Fsp3) is 0.294. The number of anilines is 1. The van der Waals surface area contributed by atoms with Crippen molar-refractivity contribution in [2.45, 2.75) is 13.0 Å². The number of aryl methyl sites for hydroxylation is 1. The van der Waals surface area contributed by atoms with Gasteiger partial charge in [-0.15, -0.1) is 0 Å². The van der Waals surface area contributed by atoms with E-state index in [4.69, 9.17) is 5.73 Å². The summed E-state index contributed by atoms with van der Waals surface area (Å²) in [5.74, 6) is 0.297. The molecule has 23 heavy (non-hydrogen) atoms. The van der Waals surface area contributed by atoms with Gasteiger partial charge in [0, 0.05) is 39.9 Å². The molecule has 2 N–H and O–H groups in total. The molecule has 5 nitrogen and oxygen atoms in total. The maximum atomic E-state index is 5.75. The molecule has 0 spiro atoms. The number of benzene rings is 1. The van der Waals surface area contributed by atoms with Crippen LogP contribution in [0.5, 0.6) is 0 Å². The van der Waals surface area contributed by atoms with E-state index in [1.807, 2.05) is 6.07 Å². The van der Waals surface area contributed by atoms with E-state index in [-0.39, 0.29) is 0 Å². The topological polar surface area (TPSA) is 60.0 Å². The minimum Gasteiger partial charge on any atom is -0.368 e.